The smallest absolute Gasteiger partial charge is 0.323 e. The lowest BCUT2D eigenvalue weighted by Crippen LogP contribution is -2.42. The second-order valence-corrected chi connectivity index (χ2v) is 7.58. The SMILES string of the molecule is COC(=O)[C@H](CC(C)C)NS(=O)(=O)c1ccc(OC)c(NC(C)=O)c1. The Morgan fingerprint density at radius 3 is 2.32 bits per heavy atom. The van der Waals surface area contributed by atoms with Gasteiger partial charge in [0.05, 0.1) is 24.8 Å². The molecule has 1 rings (SSSR count). The quantitative estimate of drug-likeness (QED) is 0.669. The average molecular weight is 372 g/mol. The number of rotatable bonds is 8. The Hall–Kier alpha value is -2.13. The summed E-state index contributed by atoms with van der Waals surface area (Å²) in [7, 11) is -1.39. The van der Waals surface area contributed by atoms with Crippen LogP contribution < -0.4 is 14.8 Å². The molecule has 1 amide bonds. The van der Waals surface area contributed by atoms with Gasteiger partial charge in [-0.15, -0.1) is 0 Å². The van der Waals surface area contributed by atoms with Crippen molar-refractivity contribution >= 4 is 27.6 Å². The minimum atomic E-state index is -4.00. The van der Waals surface area contributed by atoms with Crippen LogP contribution in [0.25, 0.3) is 0 Å². The molecular formula is C16H24N2O6S. The van der Waals surface area contributed by atoms with Crippen LogP contribution in [0.4, 0.5) is 5.69 Å². The molecule has 0 radical (unpaired) electrons. The van der Waals surface area contributed by atoms with Crippen LogP contribution in [-0.2, 0) is 24.3 Å². The van der Waals surface area contributed by atoms with Crippen molar-refractivity contribution in [3.8, 4) is 5.75 Å². The van der Waals surface area contributed by atoms with E-state index in [4.69, 9.17) is 4.74 Å². The van der Waals surface area contributed by atoms with Gasteiger partial charge in [-0.3, -0.25) is 9.59 Å². The lowest BCUT2D eigenvalue weighted by molar-refractivity contribution is -0.143. The fourth-order valence-corrected chi connectivity index (χ4v) is 3.43. The molecule has 0 heterocycles. The van der Waals surface area contributed by atoms with E-state index in [-0.39, 0.29) is 22.4 Å². The topological polar surface area (TPSA) is 111 Å². The monoisotopic (exact) mass is 372 g/mol. The molecular weight excluding hydrogens is 348 g/mol. The van der Waals surface area contributed by atoms with E-state index in [1.165, 1.54) is 39.3 Å². The zero-order valence-electron chi connectivity index (χ0n) is 15.0. The molecule has 2 N–H and O–H groups in total. The predicted octanol–water partition coefficient (Wildman–Crippen LogP) is 1.52. The summed E-state index contributed by atoms with van der Waals surface area (Å²) in [4.78, 5) is 23.0. The van der Waals surface area contributed by atoms with Crippen molar-refractivity contribution in [2.24, 2.45) is 5.92 Å². The van der Waals surface area contributed by atoms with Crippen molar-refractivity contribution in [3.63, 3.8) is 0 Å². The third-order valence-electron chi connectivity index (χ3n) is 3.28. The summed E-state index contributed by atoms with van der Waals surface area (Å²) in [6, 6.07) is 3.03. The van der Waals surface area contributed by atoms with Gasteiger partial charge in [-0.2, -0.15) is 4.72 Å². The number of carbonyl (C=O) groups excluding carboxylic acids is 2. The molecule has 0 aromatic heterocycles. The molecule has 0 saturated heterocycles. The Bertz CT molecular complexity index is 730. The first-order valence-corrected chi connectivity index (χ1v) is 9.14. The first-order valence-electron chi connectivity index (χ1n) is 7.66. The number of nitrogens with one attached hydrogen (secondary N) is 2. The fourth-order valence-electron chi connectivity index (χ4n) is 2.20. The van der Waals surface area contributed by atoms with Crippen LogP contribution in [0.1, 0.15) is 27.2 Å². The number of anilines is 1. The maximum atomic E-state index is 12.6. The summed E-state index contributed by atoms with van der Waals surface area (Å²) in [5.41, 5.74) is 0.219. The first-order chi connectivity index (χ1) is 11.6. The van der Waals surface area contributed by atoms with Gasteiger partial charge in [-0.1, -0.05) is 13.8 Å². The summed E-state index contributed by atoms with van der Waals surface area (Å²) in [6.45, 7) is 5.04. The number of sulfonamides is 1. The minimum absolute atomic E-state index is 0.0811. The van der Waals surface area contributed by atoms with Crippen molar-refractivity contribution in [2.45, 2.75) is 38.1 Å². The van der Waals surface area contributed by atoms with Crippen LogP contribution in [0.3, 0.4) is 0 Å². The average Bonchev–Trinajstić information content (AvgIpc) is 2.52. The molecule has 9 heteroatoms. The molecule has 0 unspecified atom stereocenters. The Labute approximate surface area is 147 Å². The van der Waals surface area contributed by atoms with Crippen molar-refractivity contribution in [3.05, 3.63) is 18.2 Å². The number of carbonyl (C=O) groups is 2. The first kappa shape index (κ1) is 20.9. The summed E-state index contributed by atoms with van der Waals surface area (Å²) < 4.78 is 37.3. The number of hydrogen-bond acceptors (Lipinski definition) is 6. The van der Waals surface area contributed by atoms with Gasteiger partial charge >= 0.3 is 5.97 Å². The maximum absolute atomic E-state index is 12.6. The molecule has 140 valence electrons. The van der Waals surface area contributed by atoms with Crippen LogP contribution in [0.2, 0.25) is 0 Å². The summed E-state index contributed by atoms with van der Waals surface area (Å²) >= 11 is 0. The lowest BCUT2D eigenvalue weighted by atomic mass is 10.1. The Morgan fingerprint density at radius 1 is 1.20 bits per heavy atom. The molecule has 0 aliphatic carbocycles. The van der Waals surface area contributed by atoms with Gasteiger partial charge in [0.15, 0.2) is 0 Å². The van der Waals surface area contributed by atoms with Crippen molar-refractivity contribution in [2.75, 3.05) is 19.5 Å². The molecule has 0 spiro atoms. The minimum Gasteiger partial charge on any atom is -0.495 e. The zero-order chi connectivity index (χ0) is 19.2. The maximum Gasteiger partial charge on any atom is 0.323 e. The van der Waals surface area contributed by atoms with Crippen LogP contribution in [-0.4, -0.2) is 40.6 Å². The molecule has 1 atom stereocenters. The van der Waals surface area contributed by atoms with Gasteiger partial charge in [0.25, 0.3) is 0 Å². The van der Waals surface area contributed by atoms with E-state index < -0.39 is 22.0 Å². The number of esters is 1. The summed E-state index contributed by atoms with van der Waals surface area (Å²) in [5.74, 6) is -0.626. The van der Waals surface area contributed by atoms with Gasteiger partial charge in [-0.05, 0) is 30.5 Å². The van der Waals surface area contributed by atoms with Crippen LogP contribution in [0, 0.1) is 5.92 Å². The van der Waals surface area contributed by atoms with E-state index in [0.717, 1.165) is 0 Å². The van der Waals surface area contributed by atoms with Gasteiger partial charge in [0.1, 0.15) is 11.8 Å². The van der Waals surface area contributed by atoms with E-state index in [1.54, 1.807) is 0 Å². The normalized spacial score (nSPS) is 12.6. The Kier molecular flexibility index (Phi) is 7.38. The molecule has 0 aliphatic heterocycles. The highest BCUT2D eigenvalue weighted by Gasteiger charge is 2.27. The van der Waals surface area contributed by atoms with Crippen LogP contribution in [0.5, 0.6) is 5.75 Å². The van der Waals surface area contributed by atoms with Crippen LogP contribution in [0.15, 0.2) is 23.1 Å². The lowest BCUT2D eigenvalue weighted by Gasteiger charge is -2.19. The standard InChI is InChI=1S/C16H24N2O6S/c1-10(2)8-14(16(20)24-5)18-25(21,22)12-6-7-15(23-4)13(9-12)17-11(3)19/h6-7,9-10,14,18H,8H2,1-5H3,(H,17,19)/t14-/m0/s1. The van der Waals surface area contributed by atoms with E-state index in [0.29, 0.717) is 12.2 Å². The molecule has 8 nitrogen and oxygen atoms in total. The van der Waals surface area contributed by atoms with Gasteiger partial charge < -0.3 is 14.8 Å². The number of ether oxygens (including phenoxy) is 2. The van der Waals surface area contributed by atoms with Crippen molar-refractivity contribution in [1.29, 1.82) is 0 Å². The molecule has 0 bridgehead atoms. The van der Waals surface area contributed by atoms with Crippen molar-refractivity contribution in [1.82, 2.24) is 4.72 Å². The summed E-state index contributed by atoms with van der Waals surface area (Å²) in [6.07, 6.45) is 0.292. The van der Waals surface area contributed by atoms with E-state index in [9.17, 15) is 18.0 Å². The highest BCUT2D eigenvalue weighted by molar-refractivity contribution is 7.89. The van der Waals surface area contributed by atoms with E-state index in [1.807, 2.05) is 13.8 Å². The second kappa shape index (κ2) is 8.82. The number of amides is 1. The predicted molar refractivity (Wildman–Crippen MR) is 92.9 cm³/mol. The third-order valence-corrected chi connectivity index (χ3v) is 4.75. The Morgan fingerprint density at radius 2 is 1.84 bits per heavy atom. The Balaban J connectivity index is 3.19. The van der Waals surface area contributed by atoms with E-state index in [2.05, 4.69) is 14.8 Å². The van der Waals surface area contributed by atoms with Gasteiger partial charge in [0.2, 0.25) is 15.9 Å². The molecule has 1 aromatic carbocycles. The highest BCUT2D eigenvalue weighted by atomic mass is 32.2. The summed E-state index contributed by atoms with van der Waals surface area (Å²) in [5, 5.41) is 2.51. The second-order valence-electron chi connectivity index (χ2n) is 5.87. The fraction of sp³-hybridized carbons (Fsp3) is 0.500. The van der Waals surface area contributed by atoms with Gasteiger partial charge in [0, 0.05) is 6.92 Å². The highest BCUT2D eigenvalue weighted by Crippen LogP contribution is 2.27. The van der Waals surface area contributed by atoms with Crippen LogP contribution >= 0.6 is 0 Å². The molecule has 0 saturated carbocycles. The third kappa shape index (κ3) is 6.02. The molecule has 25 heavy (non-hydrogen) atoms. The van der Waals surface area contributed by atoms with E-state index >= 15 is 0 Å². The van der Waals surface area contributed by atoms with Gasteiger partial charge in [-0.25, -0.2) is 8.42 Å². The largest absolute Gasteiger partial charge is 0.495 e. The number of methoxy groups -OCH3 is 2. The zero-order valence-corrected chi connectivity index (χ0v) is 15.8. The number of hydrogen-bond donors (Lipinski definition) is 2. The van der Waals surface area contributed by atoms with Crippen molar-refractivity contribution < 1.29 is 27.5 Å². The number of benzene rings is 1. The molecule has 1 aromatic rings. The molecule has 0 aliphatic rings. The molecule has 0 fully saturated rings.